The number of rotatable bonds is 17. The summed E-state index contributed by atoms with van der Waals surface area (Å²) < 4.78 is 11.4. The minimum atomic E-state index is -0.413. The van der Waals surface area contributed by atoms with Crippen LogP contribution >= 0.6 is 0 Å². The lowest BCUT2D eigenvalue weighted by atomic mass is 9.84. The lowest BCUT2D eigenvalue weighted by molar-refractivity contribution is -0.138. The summed E-state index contributed by atoms with van der Waals surface area (Å²) in [6.45, 7) is 4.65. The lowest BCUT2D eigenvalue weighted by Crippen LogP contribution is -2.24. The van der Waals surface area contributed by atoms with E-state index in [0.717, 1.165) is 62.0 Å². The SMILES string of the molecule is CCCCCCCCC1CCC(OC(=O)c2ccc(/C=C/C(=O)OCC(CCCC)c3cc(N)cc(N)c3)cc2)CC1. The zero-order valence-corrected chi connectivity index (χ0v) is 25.8. The first-order valence-electron chi connectivity index (χ1n) is 16.2. The molecule has 2 aromatic carbocycles. The van der Waals surface area contributed by atoms with E-state index in [-0.39, 0.29) is 24.6 Å². The summed E-state index contributed by atoms with van der Waals surface area (Å²) in [5.41, 5.74) is 15.5. The molecule has 1 aliphatic rings. The van der Waals surface area contributed by atoms with Gasteiger partial charge in [0.1, 0.15) is 6.10 Å². The van der Waals surface area contributed by atoms with E-state index in [1.165, 1.54) is 51.0 Å². The van der Waals surface area contributed by atoms with Crippen LogP contribution in [-0.2, 0) is 14.3 Å². The average Bonchev–Trinajstić information content (AvgIpc) is 2.98. The largest absolute Gasteiger partial charge is 0.462 e. The Hall–Kier alpha value is -3.28. The molecule has 0 heterocycles. The van der Waals surface area contributed by atoms with Gasteiger partial charge in [-0.1, -0.05) is 83.8 Å². The van der Waals surface area contributed by atoms with Gasteiger partial charge in [0.05, 0.1) is 12.2 Å². The van der Waals surface area contributed by atoms with Gasteiger partial charge < -0.3 is 20.9 Å². The van der Waals surface area contributed by atoms with Crippen LogP contribution < -0.4 is 11.5 Å². The molecule has 1 aliphatic carbocycles. The van der Waals surface area contributed by atoms with Crippen molar-refractivity contribution in [1.82, 2.24) is 0 Å². The summed E-state index contributed by atoms with van der Waals surface area (Å²) >= 11 is 0. The summed E-state index contributed by atoms with van der Waals surface area (Å²) in [4.78, 5) is 25.2. The zero-order valence-electron chi connectivity index (χ0n) is 25.8. The molecule has 1 saturated carbocycles. The number of anilines is 2. The summed E-state index contributed by atoms with van der Waals surface area (Å²) in [6, 6.07) is 12.7. The topological polar surface area (TPSA) is 105 Å². The van der Waals surface area contributed by atoms with Crippen molar-refractivity contribution in [2.75, 3.05) is 18.1 Å². The third-order valence-electron chi connectivity index (χ3n) is 8.40. The molecule has 42 heavy (non-hydrogen) atoms. The third-order valence-corrected chi connectivity index (χ3v) is 8.40. The van der Waals surface area contributed by atoms with Crippen molar-refractivity contribution < 1.29 is 19.1 Å². The Labute approximate surface area is 253 Å². The predicted octanol–water partition coefficient (Wildman–Crippen LogP) is 8.85. The molecule has 1 unspecified atom stereocenters. The summed E-state index contributed by atoms with van der Waals surface area (Å²) in [7, 11) is 0. The van der Waals surface area contributed by atoms with Crippen molar-refractivity contribution >= 4 is 29.4 Å². The van der Waals surface area contributed by atoms with E-state index in [1.807, 2.05) is 24.3 Å². The van der Waals surface area contributed by atoms with Gasteiger partial charge in [0.2, 0.25) is 0 Å². The van der Waals surface area contributed by atoms with E-state index in [9.17, 15) is 9.59 Å². The number of benzene rings is 2. The molecule has 6 nitrogen and oxygen atoms in total. The van der Waals surface area contributed by atoms with Gasteiger partial charge in [0, 0.05) is 23.4 Å². The number of nitrogen functional groups attached to an aromatic ring is 2. The summed E-state index contributed by atoms with van der Waals surface area (Å²) in [5.74, 6) is 0.129. The van der Waals surface area contributed by atoms with E-state index < -0.39 is 5.97 Å². The van der Waals surface area contributed by atoms with E-state index in [2.05, 4.69) is 13.8 Å². The average molecular weight is 577 g/mol. The molecule has 0 aliphatic heterocycles. The van der Waals surface area contributed by atoms with Gasteiger partial charge in [-0.05, 0) is 85.6 Å². The normalized spacial score (nSPS) is 17.7. The van der Waals surface area contributed by atoms with Crippen LogP contribution in [0.3, 0.4) is 0 Å². The van der Waals surface area contributed by atoms with E-state index >= 15 is 0 Å². The maximum absolute atomic E-state index is 12.7. The Kier molecular flexibility index (Phi) is 14.5. The highest BCUT2D eigenvalue weighted by molar-refractivity contribution is 5.90. The Bertz CT molecular complexity index is 1100. The minimum absolute atomic E-state index is 0.0116. The zero-order chi connectivity index (χ0) is 30.2. The molecule has 0 saturated heterocycles. The fourth-order valence-electron chi connectivity index (χ4n) is 5.83. The number of ether oxygens (including phenoxy) is 2. The van der Waals surface area contributed by atoms with Crippen LogP contribution in [0.5, 0.6) is 0 Å². The van der Waals surface area contributed by atoms with E-state index in [1.54, 1.807) is 24.3 Å². The number of hydrogen-bond acceptors (Lipinski definition) is 6. The fraction of sp³-hybridized carbons (Fsp3) is 0.556. The molecule has 1 fully saturated rings. The Balaban J connectivity index is 1.40. The highest BCUT2D eigenvalue weighted by atomic mass is 16.5. The van der Waals surface area contributed by atoms with Crippen molar-refractivity contribution in [3.63, 3.8) is 0 Å². The molecule has 0 aromatic heterocycles. The van der Waals surface area contributed by atoms with Crippen molar-refractivity contribution in [1.29, 1.82) is 0 Å². The molecular weight excluding hydrogens is 524 g/mol. The molecule has 3 rings (SSSR count). The van der Waals surface area contributed by atoms with Gasteiger partial charge >= 0.3 is 11.9 Å². The highest BCUT2D eigenvalue weighted by Crippen LogP contribution is 2.31. The van der Waals surface area contributed by atoms with E-state index in [4.69, 9.17) is 20.9 Å². The van der Waals surface area contributed by atoms with Crippen molar-refractivity contribution in [3.8, 4) is 0 Å². The number of carbonyl (C=O) groups is 2. The Morgan fingerprint density at radius 1 is 0.857 bits per heavy atom. The summed E-state index contributed by atoms with van der Waals surface area (Å²) in [5, 5.41) is 0. The molecule has 0 amide bonds. The van der Waals surface area contributed by atoms with Gasteiger partial charge in [-0.3, -0.25) is 0 Å². The second-order valence-corrected chi connectivity index (χ2v) is 12.0. The molecule has 6 heteroatoms. The monoisotopic (exact) mass is 576 g/mol. The Morgan fingerprint density at radius 3 is 2.17 bits per heavy atom. The van der Waals surface area contributed by atoms with Gasteiger partial charge in [0.15, 0.2) is 0 Å². The molecule has 4 N–H and O–H groups in total. The van der Waals surface area contributed by atoms with Gasteiger partial charge in [0.25, 0.3) is 0 Å². The van der Waals surface area contributed by atoms with Crippen LogP contribution in [0.4, 0.5) is 11.4 Å². The van der Waals surface area contributed by atoms with Crippen LogP contribution in [0.15, 0.2) is 48.5 Å². The second-order valence-electron chi connectivity index (χ2n) is 12.0. The molecular formula is C36H52N2O4. The minimum Gasteiger partial charge on any atom is -0.462 e. The van der Waals surface area contributed by atoms with Crippen LogP contribution in [0.2, 0.25) is 0 Å². The standard InChI is InChI=1S/C36H52N2O4/c1-3-5-7-8-9-10-11-27-15-20-34(21-16-27)42-36(40)29-18-13-28(14-19-29)17-22-35(39)41-26-30(12-6-4-2)31-23-32(37)25-33(38)24-31/h13-14,17-19,22-25,27,30,34H,3-12,15-16,20-21,26,37-38H2,1-2H3/b22-17+. The van der Waals surface area contributed by atoms with Crippen LogP contribution in [-0.4, -0.2) is 24.6 Å². The van der Waals surface area contributed by atoms with Crippen molar-refractivity contribution in [3.05, 3.63) is 65.2 Å². The first kappa shape index (κ1) is 33.2. The fourth-order valence-corrected chi connectivity index (χ4v) is 5.83. The number of carbonyl (C=O) groups excluding carboxylic acids is 2. The Morgan fingerprint density at radius 2 is 1.50 bits per heavy atom. The molecule has 0 radical (unpaired) electrons. The van der Waals surface area contributed by atoms with Crippen LogP contribution in [0, 0.1) is 5.92 Å². The lowest BCUT2D eigenvalue weighted by Gasteiger charge is -2.28. The van der Waals surface area contributed by atoms with Gasteiger partial charge in [-0.15, -0.1) is 0 Å². The first-order valence-corrected chi connectivity index (χ1v) is 16.2. The van der Waals surface area contributed by atoms with Gasteiger partial charge in [-0.2, -0.15) is 0 Å². The summed E-state index contributed by atoms with van der Waals surface area (Å²) in [6.07, 6.45) is 19.7. The second kappa shape index (κ2) is 18.3. The number of esters is 2. The van der Waals surface area contributed by atoms with Crippen molar-refractivity contribution in [2.45, 2.75) is 116 Å². The molecule has 2 aromatic rings. The number of nitrogens with two attached hydrogens (primary N) is 2. The van der Waals surface area contributed by atoms with E-state index in [0.29, 0.717) is 16.9 Å². The molecule has 0 spiro atoms. The molecule has 230 valence electrons. The predicted molar refractivity (Wildman–Crippen MR) is 173 cm³/mol. The quantitative estimate of drug-likeness (QED) is 0.0843. The maximum Gasteiger partial charge on any atom is 0.338 e. The number of unbranched alkanes of at least 4 members (excludes halogenated alkanes) is 6. The van der Waals surface area contributed by atoms with Gasteiger partial charge in [-0.25, -0.2) is 9.59 Å². The third kappa shape index (κ3) is 11.9. The maximum atomic E-state index is 12.7. The molecule has 0 bridgehead atoms. The first-order chi connectivity index (χ1) is 20.4. The molecule has 1 atom stereocenters. The van der Waals surface area contributed by atoms with Crippen molar-refractivity contribution in [2.24, 2.45) is 5.92 Å². The number of hydrogen-bond donors (Lipinski definition) is 2. The smallest absolute Gasteiger partial charge is 0.338 e. The van der Waals surface area contributed by atoms with Crippen LogP contribution in [0.1, 0.15) is 131 Å². The highest BCUT2D eigenvalue weighted by Gasteiger charge is 2.24. The van der Waals surface area contributed by atoms with Crippen LogP contribution in [0.25, 0.3) is 6.08 Å².